The number of halogens is 1. The average Bonchev–Trinajstić information content (AvgIpc) is 2.28. The maximum Gasteiger partial charge on any atom is 0.234 e. The molecule has 88 valence electrons. The minimum atomic E-state index is -0.154. The van der Waals surface area contributed by atoms with Crippen LogP contribution in [-0.2, 0) is 4.79 Å². The summed E-state index contributed by atoms with van der Waals surface area (Å²) in [6, 6.07) is 5.62. The summed E-state index contributed by atoms with van der Waals surface area (Å²) in [4.78, 5) is 15.8. The molecule has 2 atom stereocenters. The SMILES string of the molecule is CC(C)C(Br)C(=O)N[C@@H](C)c1ccccn1. The number of nitrogens with one attached hydrogen (secondary N) is 1. The van der Waals surface area contributed by atoms with E-state index in [0.717, 1.165) is 5.69 Å². The summed E-state index contributed by atoms with van der Waals surface area (Å²) in [5, 5.41) is 2.93. The van der Waals surface area contributed by atoms with Gasteiger partial charge in [-0.1, -0.05) is 35.8 Å². The normalized spacial score (nSPS) is 14.6. The van der Waals surface area contributed by atoms with E-state index in [1.54, 1.807) is 6.20 Å². The molecular formula is C12H17BrN2O. The molecule has 4 heteroatoms. The number of carbonyl (C=O) groups is 1. The van der Waals surface area contributed by atoms with Crippen LogP contribution in [0.5, 0.6) is 0 Å². The summed E-state index contributed by atoms with van der Waals surface area (Å²) in [7, 11) is 0. The summed E-state index contributed by atoms with van der Waals surface area (Å²) in [6.45, 7) is 5.94. The molecule has 1 rings (SSSR count). The predicted octanol–water partition coefficient (Wildman–Crippen LogP) is 2.68. The van der Waals surface area contributed by atoms with E-state index in [4.69, 9.17) is 0 Å². The molecule has 0 saturated heterocycles. The van der Waals surface area contributed by atoms with Crippen LogP contribution in [0.15, 0.2) is 24.4 Å². The number of amides is 1. The van der Waals surface area contributed by atoms with Gasteiger partial charge >= 0.3 is 0 Å². The van der Waals surface area contributed by atoms with Gasteiger partial charge in [0, 0.05) is 6.20 Å². The van der Waals surface area contributed by atoms with Crippen molar-refractivity contribution >= 4 is 21.8 Å². The Bertz CT molecular complexity index is 340. The Morgan fingerprint density at radius 2 is 2.06 bits per heavy atom. The molecule has 0 aliphatic rings. The molecule has 1 aromatic heterocycles. The van der Waals surface area contributed by atoms with Crippen molar-refractivity contribution in [3.05, 3.63) is 30.1 Å². The van der Waals surface area contributed by atoms with Crippen LogP contribution in [0.4, 0.5) is 0 Å². The van der Waals surface area contributed by atoms with E-state index in [-0.39, 0.29) is 22.7 Å². The van der Waals surface area contributed by atoms with Gasteiger partial charge in [0.15, 0.2) is 0 Å². The van der Waals surface area contributed by atoms with Gasteiger partial charge in [0.1, 0.15) is 0 Å². The number of rotatable bonds is 4. The lowest BCUT2D eigenvalue weighted by molar-refractivity contribution is -0.121. The maximum absolute atomic E-state index is 11.8. The molecule has 0 fully saturated rings. The zero-order valence-electron chi connectivity index (χ0n) is 9.77. The first-order chi connectivity index (χ1) is 7.52. The molecule has 1 aromatic rings. The van der Waals surface area contributed by atoms with Gasteiger partial charge in [0.25, 0.3) is 0 Å². The first-order valence-corrected chi connectivity index (χ1v) is 6.29. The Morgan fingerprint density at radius 1 is 1.38 bits per heavy atom. The molecule has 0 bridgehead atoms. The third kappa shape index (κ3) is 3.59. The molecule has 0 aliphatic carbocycles. The third-order valence-electron chi connectivity index (χ3n) is 2.33. The number of nitrogens with zero attached hydrogens (tertiary/aromatic N) is 1. The van der Waals surface area contributed by atoms with Crippen LogP contribution in [0, 0.1) is 5.92 Å². The summed E-state index contributed by atoms with van der Waals surface area (Å²) in [6.07, 6.45) is 1.73. The minimum absolute atomic E-state index is 0.00755. The Balaban J connectivity index is 2.58. The van der Waals surface area contributed by atoms with E-state index in [0.29, 0.717) is 0 Å². The Morgan fingerprint density at radius 3 is 2.56 bits per heavy atom. The lowest BCUT2D eigenvalue weighted by Gasteiger charge is -2.18. The smallest absolute Gasteiger partial charge is 0.234 e. The van der Waals surface area contributed by atoms with E-state index in [1.165, 1.54) is 0 Å². The fourth-order valence-electron chi connectivity index (χ4n) is 1.30. The third-order valence-corrected chi connectivity index (χ3v) is 3.80. The number of pyridine rings is 1. The van der Waals surface area contributed by atoms with E-state index in [1.807, 2.05) is 39.0 Å². The summed E-state index contributed by atoms with van der Waals surface area (Å²) < 4.78 is 0. The predicted molar refractivity (Wildman–Crippen MR) is 68.3 cm³/mol. The van der Waals surface area contributed by atoms with Crippen LogP contribution in [0.2, 0.25) is 0 Å². The van der Waals surface area contributed by atoms with Crippen molar-refractivity contribution in [2.45, 2.75) is 31.6 Å². The first kappa shape index (κ1) is 13.2. The highest BCUT2D eigenvalue weighted by Gasteiger charge is 2.20. The van der Waals surface area contributed by atoms with Gasteiger partial charge in [-0.05, 0) is 25.0 Å². The van der Waals surface area contributed by atoms with Crippen LogP contribution in [0.25, 0.3) is 0 Å². The van der Waals surface area contributed by atoms with Crippen LogP contribution >= 0.6 is 15.9 Å². The van der Waals surface area contributed by atoms with Gasteiger partial charge in [-0.25, -0.2) is 0 Å². The Labute approximate surface area is 105 Å². The second kappa shape index (κ2) is 5.99. The first-order valence-electron chi connectivity index (χ1n) is 5.37. The highest BCUT2D eigenvalue weighted by Crippen LogP contribution is 2.14. The summed E-state index contributed by atoms with van der Waals surface area (Å²) in [5.41, 5.74) is 0.874. The van der Waals surface area contributed by atoms with Crippen molar-refractivity contribution in [2.75, 3.05) is 0 Å². The second-order valence-corrected chi connectivity index (χ2v) is 5.12. The highest BCUT2D eigenvalue weighted by molar-refractivity contribution is 9.10. The van der Waals surface area contributed by atoms with E-state index in [2.05, 4.69) is 26.2 Å². The fourth-order valence-corrected chi connectivity index (χ4v) is 1.43. The van der Waals surface area contributed by atoms with Crippen molar-refractivity contribution in [3.8, 4) is 0 Å². The lowest BCUT2D eigenvalue weighted by atomic mass is 10.1. The van der Waals surface area contributed by atoms with E-state index >= 15 is 0 Å². The van der Waals surface area contributed by atoms with Crippen molar-refractivity contribution in [3.63, 3.8) is 0 Å². The number of hydrogen-bond acceptors (Lipinski definition) is 2. The molecule has 1 unspecified atom stereocenters. The van der Waals surface area contributed by atoms with Crippen molar-refractivity contribution in [2.24, 2.45) is 5.92 Å². The molecule has 1 amide bonds. The molecule has 0 spiro atoms. The Kier molecular flexibility index (Phi) is 4.93. The van der Waals surface area contributed by atoms with Crippen LogP contribution in [-0.4, -0.2) is 15.7 Å². The van der Waals surface area contributed by atoms with Crippen LogP contribution in [0.1, 0.15) is 32.5 Å². The molecule has 16 heavy (non-hydrogen) atoms. The lowest BCUT2D eigenvalue weighted by Crippen LogP contribution is -2.35. The molecule has 3 nitrogen and oxygen atoms in total. The zero-order chi connectivity index (χ0) is 12.1. The molecule has 0 aliphatic heterocycles. The molecular weight excluding hydrogens is 268 g/mol. The number of hydrogen-bond donors (Lipinski definition) is 1. The van der Waals surface area contributed by atoms with Crippen LogP contribution < -0.4 is 5.32 Å². The van der Waals surface area contributed by atoms with Crippen molar-refractivity contribution < 1.29 is 4.79 Å². The second-order valence-electron chi connectivity index (χ2n) is 4.13. The number of alkyl halides is 1. The van der Waals surface area contributed by atoms with Gasteiger partial charge in [-0.15, -0.1) is 0 Å². The molecule has 0 radical (unpaired) electrons. The Hall–Kier alpha value is -0.900. The quantitative estimate of drug-likeness (QED) is 0.864. The van der Waals surface area contributed by atoms with E-state index < -0.39 is 0 Å². The molecule has 1 N–H and O–H groups in total. The molecule has 0 saturated carbocycles. The standard InChI is InChI=1S/C12H17BrN2O/c1-8(2)11(13)12(16)15-9(3)10-6-4-5-7-14-10/h4-9,11H,1-3H3,(H,15,16)/t9-,11?/m0/s1. The molecule has 1 heterocycles. The van der Waals surface area contributed by atoms with Gasteiger partial charge in [-0.2, -0.15) is 0 Å². The highest BCUT2D eigenvalue weighted by atomic mass is 79.9. The summed E-state index contributed by atoms with van der Waals surface area (Å²) in [5.74, 6) is 0.282. The number of aromatic nitrogens is 1. The average molecular weight is 285 g/mol. The molecule has 0 aromatic carbocycles. The van der Waals surface area contributed by atoms with E-state index in [9.17, 15) is 4.79 Å². The largest absolute Gasteiger partial charge is 0.347 e. The topological polar surface area (TPSA) is 42.0 Å². The maximum atomic E-state index is 11.8. The minimum Gasteiger partial charge on any atom is -0.347 e. The van der Waals surface area contributed by atoms with Crippen molar-refractivity contribution in [1.29, 1.82) is 0 Å². The monoisotopic (exact) mass is 284 g/mol. The van der Waals surface area contributed by atoms with Gasteiger partial charge in [-0.3, -0.25) is 9.78 Å². The van der Waals surface area contributed by atoms with Gasteiger partial charge in [0.2, 0.25) is 5.91 Å². The van der Waals surface area contributed by atoms with Gasteiger partial charge < -0.3 is 5.32 Å². The van der Waals surface area contributed by atoms with Gasteiger partial charge in [0.05, 0.1) is 16.6 Å². The number of carbonyl (C=O) groups excluding carboxylic acids is 1. The van der Waals surface area contributed by atoms with Crippen LogP contribution in [0.3, 0.4) is 0 Å². The zero-order valence-corrected chi connectivity index (χ0v) is 11.4. The summed E-state index contributed by atoms with van der Waals surface area (Å²) >= 11 is 3.38. The fraction of sp³-hybridized carbons (Fsp3) is 0.500. The van der Waals surface area contributed by atoms with Crippen molar-refractivity contribution in [1.82, 2.24) is 10.3 Å².